The van der Waals surface area contributed by atoms with Gasteiger partial charge in [0, 0.05) is 12.4 Å². The first-order valence-corrected chi connectivity index (χ1v) is 4.45. The van der Waals surface area contributed by atoms with Gasteiger partial charge in [-0.25, -0.2) is 9.69 Å². The summed E-state index contributed by atoms with van der Waals surface area (Å²) in [5, 5.41) is 0. The van der Waals surface area contributed by atoms with Gasteiger partial charge in [0.05, 0.1) is 0 Å². The first kappa shape index (κ1) is 10.5. The molecule has 1 aliphatic heterocycles. The van der Waals surface area contributed by atoms with Crippen LogP contribution in [0.1, 0.15) is 20.3 Å². The van der Waals surface area contributed by atoms with Gasteiger partial charge in [0.1, 0.15) is 5.54 Å². The Kier molecular flexibility index (Phi) is 2.47. The Balaban J connectivity index is 3.20. The number of amides is 3. The van der Waals surface area contributed by atoms with Gasteiger partial charge in [-0.15, -0.1) is 0 Å². The predicted octanol–water partition coefficient (Wildman–Crippen LogP) is 1.71. The number of nitrogens with zero attached hydrogens (tertiary/aromatic N) is 2. The molecule has 1 fully saturated rings. The van der Waals surface area contributed by atoms with Crippen molar-refractivity contribution >= 4 is 11.9 Å². The molecule has 0 saturated carbocycles. The maximum absolute atomic E-state index is 11.8. The Labute approximate surface area is 83.5 Å². The standard InChI is InChI=1S/C10H14N2O2/c1-5-10(4)8(13)11(6-2)9(14)12(10)7-3/h6-7H,2-3,5H2,1,4H3. The molecule has 0 N–H and O–H groups in total. The van der Waals surface area contributed by atoms with Crippen LogP contribution in [0.2, 0.25) is 0 Å². The summed E-state index contributed by atoms with van der Waals surface area (Å²) >= 11 is 0. The Morgan fingerprint density at radius 3 is 2.21 bits per heavy atom. The van der Waals surface area contributed by atoms with Crippen LogP contribution in [0.25, 0.3) is 0 Å². The Morgan fingerprint density at radius 1 is 1.36 bits per heavy atom. The van der Waals surface area contributed by atoms with Gasteiger partial charge in [-0.05, 0) is 13.3 Å². The fourth-order valence-corrected chi connectivity index (χ4v) is 1.54. The molecule has 1 aliphatic rings. The number of imide groups is 1. The van der Waals surface area contributed by atoms with Gasteiger partial charge < -0.3 is 0 Å². The van der Waals surface area contributed by atoms with Crippen LogP contribution in [-0.4, -0.2) is 27.3 Å². The van der Waals surface area contributed by atoms with E-state index in [0.29, 0.717) is 6.42 Å². The summed E-state index contributed by atoms with van der Waals surface area (Å²) in [7, 11) is 0. The highest BCUT2D eigenvalue weighted by Gasteiger charge is 2.51. The summed E-state index contributed by atoms with van der Waals surface area (Å²) in [6.45, 7) is 10.5. The topological polar surface area (TPSA) is 40.6 Å². The first-order chi connectivity index (χ1) is 6.52. The van der Waals surface area contributed by atoms with E-state index >= 15 is 0 Å². The molecular formula is C10H14N2O2. The molecule has 76 valence electrons. The summed E-state index contributed by atoms with van der Waals surface area (Å²) in [6.07, 6.45) is 3.17. The van der Waals surface area contributed by atoms with Gasteiger partial charge in [-0.3, -0.25) is 9.69 Å². The van der Waals surface area contributed by atoms with E-state index in [2.05, 4.69) is 13.2 Å². The van der Waals surface area contributed by atoms with E-state index < -0.39 is 5.54 Å². The Morgan fingerprint density at radius 2 is 1.93 bits per heavy atom. The minimum atomic E-state index is -0.812. The average Bonchev–Trinajstić information content (AvgIpc) is 2.36. The van der Waals surface area contributed by atoms with E-state index in [1.54, 1.807) is 6.92 Å². The molecule has 1 atom stereocenters. The quantitative estimate of drug-likeness (QED) is 0.642. The SMILES string of the molecule is C=CN1C(=O)N(C=C)C(C)(CC)C1=O. The van der Waals surface area contributed by atoms with Crippen molar-refractivity contribution in [1.29, 1.82) is 0 Å². The van der Waals surface area contributed by atoms with Crippen LogP contribution in [0.15, 0.2) is 25.6 Å². The maximum atomic E-state index is 11.8. The van der Waals surface area contributed by atoms with Crippen LogP contribution >= 0.6 is 0 Å². The largest absolute Gasteiger partial charge is 0.335 e. The minimum absolute atomic E-state index is 0.250. The molecular weight excluding hydrogens is 180 g/mol. The predicted molar refractivity (Wildman–Crippen MR) is 53.2 cm³/mol. The van der Waals surface area contributed by atoms with E-state index in [1.165, 1.54) is 17.3 Å². The van der Waals surface area contributed by atoms with Crippen molar-refractivity contribution in [2.45, 2.75) is 25.8 Å². The smallest absolute Gasteiger partial charge is 0.286 e. The lowest BCUT2D eigenvalue weighted by molar-refractivity contribution is -0.130. The highest BCUT2D eigenvalue weighted by atomic mass is 16.2. The number of hydrogen-bond donors (Lipinski definition) is 0. The molecule has 0 aromatic heterocycles. The molecule has 1 unspecified atom stereocenters. The second-order valence-corrected chi connectivity index (χ2v) is 3.32. The van der Waals surface area contributed by atoms with Crippen LogP contribution in [0.5, 0.6) is 0 Å². The van der Waals surface area contributed by atoms with Gasteiger partial charge in [0.15, 0.2) is 0 Å². The zero-order valence-electron chi connectivity index (χ0n) is 8.49. The highest BCUT2D eigenvalue weighted by Crippen LogP contribution is 2.30. The van der Waals surface area contributed by atoms with E-state index in [1.807, 2.05) is 6.92 Å². The highest BCUT2D eigenvalue weighted by molar-refractivity contribution is 6.08. The lowest BCUT2D eigenvalue weighted by atomic mass is 9.98. The van der Waals surface area contributed by atoms with E-state index in [-0.39, 0.29) is 11.9 Å². The second kappa shape index (κ2) is 3.29. The average molecular weight is 194 g/mol. The number of urea groups is 1. The van der Waals surface area contributed by atoms with Crippen molar-refractivity contribution in [2.24, 2.45) is 0 Å². The molecule has 3 amide bonds. The van der Waals surface area contributed by atoms with Crippen molar-refractivity contribution in [2.75, 3.05) is 0 Å². The number of carbonyl (C=O) groups excluding carboxylic acids is 2. The monoisotopic (exact) mass is 194 g/mol. The third-order valence-corrected chi connectivity index (χ3v) is 2.68. The molecule has 4 nitrogen and oxygen atoms in total. The zero-order valence-corrected chi connectivity index (χ0v) is 8.49. The van der Waals surface area contributed by atoms with E-state index in [9.17, 15) is 9.59 Å². The molecule has 4 heteroatoms. The van der Waals surface area contributed by atoms with E-state index in [4.69, 9.17) is 0 Å². The summed E-state index contributed by atoms with van der Waals surface area (Å²) in [5.41, 5.74) is -0.812. The molecule has 0 spiro atoms. The van der Waals surface area contributed by atoms with Crippen LogP contribution in [-0.2, 0) is 4.79 Å². The van der Waals surface area contributed by atoms with Gasteiger partial charge in [-0.2, -0.15) is 0 Å². The third-order valence-electron chi connectivity index (χ3n) is 2.68. The van der Waals surface area contributed by atoms with Crippen LogP contribution in [0.4, 0.5) is 4.79 Å². The zero-order chi connectivity index (χ0) is 10.9. The Hall–Kier alpha value is -1.58. The molecule has 0 aromatic rings. The molecule has 0 radical (unpaired) electrons. The molecule has 0 bridgehead atoms. The molecule has 14 heavy (non-hydrogen) atoms. The van der Waals surface area contributed by atoms with Crippen LogP contribution in [0, 0.1) is 0 Å². The molecule has 1 rings (SSSR count). The fourth-order valence-electron chi connectivity index (χ4n) is 1.54. The molecule has 1 heterocycles. The third kappa shape index (κ3) is 1.07. The second-order valence-electron chi connectivity index (χ2n) is 3.32. The van der Waals surface area contributed by atoms with Crippen LogP contribution < -0.4 is 0 Å². The van der Waals surface area contributed by atoms with Gasteiger partial charge >= 0.3 is 6.03 Å². The molecule has 1 saturated heterocycles. The van der Waals surface area contributed by atoms with Gasteiger partial charge in [0.2, 0.25) is 0 Å². The number of rotatable bonds is 3. The normalized spacial score (nSPS) is 27.0. The number of hydrogen-bond acceptors (Lipinski definition) is 2. The van der Waals surface area contributed by atoms with Gasteiger partial charge in [-0.1, -0.05) is 20.1 Å². The molecule has 0 aliphatic carbocycles. The van der Waals surface area contributed by atoms with Crippen LogP contribution in [0.3, 0.4) is 0 Å². The van der Waals surface area contributed by atoms with Crippen molar-refractivity contribution < 1.29 is 9.59 Å². The molecule has 0 aromatic carbocycles. The van der Waals surface area contributed by atoms with Gasteiger partial charge in [0.25, 0.3) is 5.91 Å². The van der Waals surface area contributed by atoms with Crippen molar-refractivity contribution in [3.63, 3.8) is 0 Å². The van der Waals surface area contributed by atoms with Crippen molar-refractivity contribution in [3.05, 3.63) is 25.6 Å². The van der Waals surface area contributed by atoms with Crippen molar-refractivity contribution in [1.82, 2.24) is 9.80 Å². The van der Waals surface area contributed by atoms with E-state index in [0.717, 1.165) is 4.90 Å². The Bertz CT molecular complexity index is 311. The summed E-state index contributed by atoms with van der Waals surface area (Å²) < 4.78 is 0. The lowest BCUT2D eigenvalue weighted by Gasteiger charge is -2.26. The first-order valence-electron chi connectivity index (χ1n) is 4.45. The fraction of sp³-hybridized carbons (Fsp3) is 0.400. The summed E-state index contributed by atoms with van der Waals surface area (Å²) in [4.78, 5) is 25.8. The minimum Gasteiger partial charge on any atom is -0.286 e. The summed E-state index contributed by atoms with van der Waals surface area (Å²) in [6, 6.07) is -0.385. The summed E-state index contributed by atoms with van der Waals surface area (Å²) in [5.74, 6) is -0.250. The van der Waals surface area contributed by atoms with Crippen molar-refractivity contribution in [3.8, 4) is 0 Å². The lowest BCUT2D eigenvalue weighted by Crippen LogP contribution is -2.43. The number of carbonyl (C=O) groups is 2. The maximum Gasteiger partial charge on any atom is 0.335 e.